The van der Waals surface area contributed by atoms with Crippen LogP contribution in [0.2, 0.25) is 0 Å². The van der Waals surface area contributed by atoms with E-state index >= 15 is 0 Å². The lowest BCUT2D eigenvalue weighted by atomic mass is 9.95. The molecule has 1 amide bonds. The second kappa shape index (κ2) is 6.99. The van der Waals surface area contributed by atoms with Gasteiger partial charge in [-0.25, -0.2) is 0 Å². The van der Waals surface area contributed by atoms with E-state index in [4.69, 9.17) is 9.84 Å². The zero-order valence-electron chi connectivity index (χ0n) is 12.1. The molecule has 1 fully saturated rings. The molecule has 1 aromatic carbocycles. The topological polar surface area (TPSA) is 75.6 Å². The van der Waals surface area contributed by atoms with Crippen LogP contribution in [-0.4, -0.2) is 29.7 Å². The Labute approximate surface area is 130 Å². The maximum absolute atomic E-state index is 12.7. The Morgan fingerprint density at radius 2 is 2.13 bits per heavy atom. The quantitative estimate of drug-likeness (QED) is 0.870. The van der Waals surface area contributed by atoms with Gasteiger partial charge in [-0.05, 0) is 31.0 Å². The van der Waals surface area contributed by atoms with E-state index in [0.717, 1.165) is 18.6 Å². The molecule has 2 atom stereocenters. The van der Waals surface area contributed by atoms with E-state index in [2.05, 4.69) is 5.32 Å². The van der Waals surface area contributed by atoms with Gasteiger partial charge in [-0.15, -0.1) is 0 Å². The van der Waals surface area contributed by atoms with Crippen LogP contribution >= 0.6 is 0 Å². The van der Waals surface area contributed by atoms with E-state index in [0.29, 0.717) is 13.0 Å². The van der Waals surface area contributed by atoms with Gasteiger partial charge in [0.1, 0.15) is 0 Å². The van der Waals surface area contributed by atoms with Crippen molar-refractivity contribution in [1.82, 2.24) is 0 Å². The average Bonchev–Trinajstić information content (AvgIpc) is 2.97. The molecule has 1 aliphatic rings. The fraction of sp³-hybridized carbons (Fsp3) is 0.467. The Kier molecular flexibility index (Phi) is 5.25. The van der Waals surface area contributed by atoms with Crippen molar-refractivity contribution in [1.29, 1.82) is 0 Å². The summed E-state index contributed by atoms with van der Waals surface area (Å²) in [7, 11) is 0. The molecule has 8 heteroatoms. The van der Waals surface area contributed by atoms with E-state index in [9.17, 15) is 22.8 Å². The number of rotatable bonds is 5. The molecule has 1 aliphatic heterocycles. The van der Waals surface area contributed by atoms with Crippen molar-refractivity contribution in [3.05, 3.63) is 29.8 Å². The molecule has 0 spiro atoms. The van der Waals surface area contributed by atoms with Crippen LogP contribution in [-0.2, 0) is 20.5 Å². The van der Waals surface area contributed by atoms with Gasteiger partial charge in [-0.3, -0.25) is 9.59 Å². The lowest BCUT2D eigenvalue weighted by molar-refractivity contribution is -0.142. The monoisotopic (exact) mass is 331 g/mol. The van der Waals surface area contributed by atoms with Gasteiger partial charge < -0.3 is 15.2 Å². The number of ether oxygens (including phenoxy) is 1. The third kappa shape index (κ3) is 4.69. The molecule has 0 aromatic heterocycles. The second-order valence-corrected chi connectivity index (χ2v) is 5.32. The summed E-state index contributed by atoms with van der Waals surface area (Å²) in [5, 5.41) is 11.3. The Hall–Kier alpha value is -2.09. The number of carboxylic acid groups (broad SMARTS) is 1. The number of benzene rings is 1. The number of hydrogen-bond donors (Lipinski definition) is 2. The van der Waals surface area contributed by atoms with Gasteiger partial charge in [-0.1, -0.05) is 6.07 Å². The highest BCUT2D eigenvalue weighted by Gasteiger charge is 2.34. The summed E-state index contributed by atoms with van der Waals surface area (Å²) in [4.78, 5) is 23.2. The molecule has 0 aliphatic carbocycles. The smallest absolute Gasteiger partial charge is 0.416 e. The van der Waals surface area contributed by atoms with Crippen molar-refractivity contribution >= 4 is 17.6 Å². The number of amides is 1. The number of hydrogen-bond acceptors (Lipinski definition) is 3. The molecule has 126 valence electrons. The molecule has 1 saturated heterocycles. The first-order valence-corrected chi connectivity index (χ1v) is 7.09. The number of alkyl halides is 3. The van der Waals surface area contributed by atoms with Crippen LogP contribution in [0.15, 0.2) is 24.3 Å². The van der Waals surface area contributed by atoms with Gasteiger partial charge in [0, 0.05) is 12.3 Å². The fourth-order valence-corrected chi connectivity index (χ4v) is 2.51. The first-order valence-electron chi connectivity index (χ1n) is 7.09. The van der Waals surface area contributed by atoms with E-state index in [1.54, 1.807) is 0 Å². The minimum Gasteiger partial charge on any atom is -0.481 e. The first-order chi connectivity index (χ1) is 10.8. The Morgan fingerprint density at radius 3 is 2.70 bits per heavy atom. The van der Waals surface area contributed by atoms with E-state index in [1.807, 2.05) is 0 Å². The summed E-state index contributed by atoms with van der Waals surface area (Å²) in [6, 6.07) is 4.20. The highest BCUT2D eigenvalue weighted by Crippen LogP contribution is 2.31. The van der Waals surface area contributed by atoms with E-state index in [1.165, 1.54) is 12.1 Å². The normalized spacial score (nSPS) is 19.3. The Morgan fingerprint density at radius 1 is 1.39 bits per heavy atom. The summed E-state index contributed by atoms with van der Waals surface area (Å²) < 4.78 is 43.4. The zero-order chi connectivity index (χ0) is 17.0. The van der Waals surface area contributed by atoms with Crippen molar-refractivity contribution in [2.75, 3.05) is 11.9 Å². The number of carbonyl (C=O) groups is 2. The van der Waals surface area contributed by atoms with Gasteiger partial charge in [-0.2, -0.15) is 13.2 Å². The molecule has 0 radical (unpaired) electrons. The molecule has 0 unspecified atom stereocenters. The maximum atomic E-state index is 12.7. The predicted octanol–water partition coefficient (Wildman–Crippen LogP) is 2.91. The fourth-order valence-electron chi connectivity index (χ4n) is 2.51. The van der Waals surface area contributed by atoms with Crippen LogP contribution in [0.4, 0.5) is 18.9 Å². The van der Waals surface area contributed by atoms with E-state index < -0.39 is 42.1 Å². The number of carbonyl (C=O) groups excluding carboxylic acids is 1. The Balaban J connectivity index is 2.13. The summed E-state index contributed by atoms with van der Waals surface area (Å²) in [5.41, 5.74) is -0.916. The molecule has 23 heavy (non-hydrogen) atoms. The lowest BCUT2D eigenvalue weighted by Crippen LogP contribution is -2.34. The van der Waals surface area contributed by atoms with Crippen molar-refractivity contribution in [2.45, 2.75) is 31.5 Å². The minimum atomic E-state index is -4.52. The van der Waals surface area contributed by atoms with Crippen LogP contribution in [0.3, 0.4) is 0 Å². The second-order valence-electron chi connectivity index (χ2n) is 5.32. The summed E-state index contributed by atoms with van der Waals surface area (Å²) in [6.45, 7) is 0.442. The van der Waals surface area contributed by atoms with Gasteiger partial charge in [0.05, 0.1) is 24.0 Å². The highest BCUT2D eigenvalue weighted by atomic mass is 19.4. The predicted molar refractivity (Wildman–Crippen MR) is 74.8 cm³/mol. The SMILES string of the molecule is O=C(O)C[C@@H](C(=O)Nc1cccc(C(F)(F)F)c1)[C@H]1CCCO1. The van der Waals surface area contributed by atoms with Gasteiger partial charge in [0.25, 0.3) is 0 Å². The summed E-state index contributed by atoms with van der Waals surface area (Å²) in [5.74, 6) is -2.76. The van der Waals surface area contributed by atoms with Gasteiger partial charge >= 0.3 is 12.1 Å². The van der Waals surface area contributed by atoms with Crippen LogP contribution in [0.1, 0.15) is 24.8 Å². The Bertz CT molecular complexity index is 582. The molecule has 0 bridgehead atoms. The standard InChI is InChI=1S/C15H16F3NO4/c16-15(17,18)9-3-1-4-10(7-9)19-14(22)11(8-13(20)21)12-5-2-6-23-12/h1,3-4,7,11-12H,2,5-6,8H2,(H,19,22)(H,20,21)/t11-,12-/m1/s1. The third-order valence-electron chi connectivity index (χ3n) is 3.60. The van der Waals surface area contributed by atoms with E-state index in [-0.39, 0.29) is 5.69 Å². The zero-order valence-corrected chi connectivity index (χ0v) is 12.1. The van der Waals surface area contributed by atoms with Crippen molar-refractivity contribution in [3.8, 4) is 0 Å². The van der Waals surface area contributed by atoms with Crippen molar-refractivity contribution in [2.24, 2.45) is 5.92 Å². The minimum absolute atomic E-state index is 0.0294. The van der Waals surface area contributed by atoms with Crippen LogP contribution < -0.4 is 5.32 Å². The summed E-state index contributed by atoms with van der Waals surface area (Å²) >= 11 is 0. The van der Waals surface area contributed by atoms with Crippen molar-refractivity contribution < 1.29 is 32.6 Å². The van der Waals surface area contributed by atoms with Gasteiger partial charge in [0.2, 0.25) is 5.91 Å². The third-order valence-corrected chi connectivity index (χ3v) is 3.60. The molecular formula is C15H16F3NO4. The number of carboxylic acids is 1. The lowest BCUT2D eigenvalue weighted by Gasteiger charge is -2.21. The van der Waals surface area contributed by atoms with Crippen molar-refractivity contribution in [3.63, 3.8) is 0 Å². The maximum Gasteiger partial charge on any atom is 0.416 e. The molecule has 2 N–H and O–H groups in total. The number of aliphatic carboxylic acids is 1. The molecule has 1 heterocycles. The highest BCUT2D eigenvalue weighted by molar-refractivity contribution is 5.94. The van der Waals surface area contributed by atoms with Crippen LogP contribution in [0.5, 0.6) is 0 Å². The van der Waals surface area contributed by atoms with Crippen LogP contribution in [0.25, 0.3) is 0 Å². The largest absolute Gasteiger partial charge is 0.481 e. The molecule has 0 saturated carbocycles. The summed E-state index contributed by atoms with van der Waals surface area (Å²) in [6.07, 6.45) is -4.21. The molecule has 2 rings (SSSR count). The van der Waals surface area contributed by atoms with Crippen LogP contribution in [0, 0.1) is 5.92 Å². The molecule has 1 aromatic rings. The number of halogens is 3. The van der Waals surface area contributed by atoms with Gasteiger partial charge in [0.15, 0.2) is 0 Å². The molecular weight excluding hydrogens is 315 g/mol. The number of nitrogens with one attached hydrogen (secondary N) is 1. The molecule has 5 nitrogen and oxygen atoms in total. The first kappa shape index (κ1) is 17.3. The number of anilines is 1. The average molecular weight is 331 g/mol.